The van der Waals surface area contributed by atoms with Crippen molar-refractivity contribution in [1.29, 1.82) is 0 Å². The van der Waals surface area contributed by atoms with Crippen molar-refractivity contribution in [2.24, 2.45) is 0 Å². The maximum Gasteiger partial charge on any atom is 0.338 e. The van der Waals surface area contributed by atoms with Crippen LogP contribution in [0.15, 0.2) is 48.5 Å². The SMILES string of the molecule is CCOC(=O)c1cccc(NC(=O)C2(c3ccc(Cl)cc3)CC2)c1. The molecular weight excluding hydrogens is 326 g/mol. The topological polar surface area (TPSA) is 55.4 Å². The number of esters is 1. The predicted molar refractivity (Wildman–Crippen MR) is 93.4 cm³/mol. The molecule has 0 aliphatic heterocycles. The van der Waals surface area contributed by atoms with Crippen LogP contribution in [0, 0.1) is 0 Å². The number of amides is 1. The Morgan fingerprint density at radius 2 is 1.88 bits per heavy atom. The van der Waals surface area contributed by atoms with Crippen molar-refractivity contribution in [3.8, 4) is 0 Å². The highest BCUT2D eigenvalue weighted by molar-refractivity contribution is 6.30. The van der Waals surface area contributed by atoms with Gasteiger partial charge in [0.2, 0.25) is 5.91 Å². The lowest BCUT2D eigenvalue weighted by molar-refractivity contribution is -0.118. The van der Waals surface area contributed by atoms with Crippen LogP contribution in [0.5, 0.6) is 0 Å². The summed E-state index contributed by atoms with van der Waals surface area (Å²) in [5, 5.41) is 3.57. The molecule has 5 heteroatoms. The fourth-order valence-electron chi connectivity index (χ4n) is 2.73. The van der Waals surface area contributed by atoms with Crippen LogP contribution in [0.25, 0.3) is 0 Å². The van der Waals surface area contributed by atoms with Crippen LogP contribution in [-0.4, -0.2) is 18.5 Å². The summed E-state index contributed by atoms with van der Waals surface area (Å²) in [7, 11) is 0. The van der Waals surface area contributed by atoms with Crippen LogP contribution < -0.4 is 5.32 Å². The summed E-state index contributed by atoms with van der Waals surface area (Å²) < 4.78 is 4.98. The predicted octanol–water partition coefficient (Wildman–Crippen LogP) is 4.19. The van der Waals surface area contributed by atoms with Gasteiger partial charge in [-0.15, -0.1) is 0 Å². The first-order chi connectivity index (χ1) is 11.5. The van der Waals surface area contributed by atoms with Gasteiger partial charge in [0, 0.05) is 10.7 Å². The number of nitrogens with one attached hydrogen (secondary N) is 1. The molecule has 3 rings (SSSR count). The molecule has 0 unspecified atom stereocenters. The summed E-state index contributed by atoms with van der Waals surface area (Å²) in [4.78, 5) is 24.5. The summed E-state index contributed by atoms with van der Waals surface area (Å²) in [6.07, 6.45) is 1.61. The summed E-state index contributed by atoms with van der Waals surface area (Å²) in [5.74, 6) is -0.460. The molecule has 2 aromatic carbocycles. The van der Waals surface area contributed by atoms with E-state index in [1.807, 2.05) is 12.1 Å². The first-order valence-corrected chi connectivity index (χ1v) is 8.27. The van der Waals surface area contributed by atoms with E-state index in [0.29, 0.717) is 22.9 Å². The average Bonchev–Trinajstić information content (AvgIpc) is 3.38. The van der Waals surface area contributed by atoms with E-state index in [-0.39, 0.29) is 5.91 Å². The van der Waals surface area contributed by atoms with Crippen LogP contribution >= 0.6 is 11.6 Å². The molecule has 0 radical (unpaired) electrons. The molecule has 124 valence electrons. The van der Waals surface area contributed by atoms with Gasteiger partial charge in [0.1, 0.15) is 0 Å². The maximum atomic E-state index is 12.7. The number of ether oxygens (including phenoxy) is 1. The minimum atomic E-state index is -0.496. The third-order valence-corrected chi connectivity index (χ3v) is 4.47. The monoisotopic (exact) mass is 343 g/mol. The van der Waals surface area contributed by atoms with Gasteiger partial charge in [0.05, 0.1) is 17.6 Å². The van der Waals surface area contributed by atoms with Crippen LogP contribution in [-0.2, 0) is 14.9 Å². The molecule has 4 nitrogen and oxygen atoms in total. The fraction of sp³-hybridized carbons (Fsp3) is 0.263. The highest BCUT2D eigenvalue weighted by atomic mass is 35.5. The number of benzene rings is 2. The van der Waals surface area contributed by atoms with Gasteiger partial charge < -0.3 is 10.1 Å². The van der Waals surface area contributed by atoms with Gasteiger partial charge in [0.15, 0.2) is 0 Å². The van der Waals surface area contributed by atoms with E-state index in [1.54, 1.807) is 43.3 Å². The lowest BCUT2D eigenvalue weighted by Gasteiger charge is -2.16. The Balaban J connectivity index is 1.76. The lowest BCUT2D eigenvalue weighted by Crippen LogP contribution is -2.27. The van der Waals surface area contributed by atoms with E-state index in [1.165, 1.54) is 0 Å². The zero-order valence-corrected chi connectivity index (χ0v) is 14.1. The van der Waals surface area contributed by atoms with E-state index in [4.69, 9.17) is 16.3 Å². The molecule has 1 aliphatic carbocycles. The summed E-state index contributed by atoms with van der Waals surface area (Å²) in [6, 6.07) is 14.2. The van der Waals surface area contributed by atoms with Crippen molar-refractivity contribution < 1.29 is 14.3 Å². The second-order valence-corrected chi connectivity index (χ2v) is 6.28. The van der Waals surface area contributed by atoms with Gasteiger partial charge >= 0.3 is 5.97 Å². The van der Waals surface area contributed by atoms with Gasteiger partial charge in [-0.2, -0.15) is 0 Å². The van der Waals surface area contributed by atoms with Crippen molar-refractivity contribution in [2.45, 2.75) is 25.2 Å². The number of hydrogen-bond acceptors (Lipinski definition) is 3. The first-order valence-electron chi connectivity index (χ1n) is 7.90. The van der Waals surface area contributed by atoms with E-state index in [9.17, 15) is 9.59 Å². The lowest BCUT2D eigenvalue weighted by atomic mass is 9.95. The Bertz CT molecular complexity index is 766. The van der Waals surface area contributed by atoms with E-state index in [0.717, 1.165) is 18.4 Å². The number of carbonyl (C=O) groups is 2. The van der Waals surface area contributed by atoms with Crippen LogP contribution in [0.2, 0.25) is 5.02 Å². The minimum Gasteiger partial charge on any atom is -0.462 e. The second kappa shape index (κ2) is 6.65. The molecular formula is C19H18ClNO3. The molecule has 24 heavy (non-hydrogen) atoms. The van der Waals surface area contributed by atoms with Gasteiger partial charge in [-0.1, -0.05) is 29.8 Å². The number of anilines is 1. The highest BCUT2D eigenvalue weighted by Gasteiger charge is 2.51. The molecule has 0 heterocycles. The van der Waals surface area contributed by atoms with Gasteiger partial charge in [0.25, 0.3) is 0 Å². The van der Waals surface area contributed by atoms with Crippen molar-refractivity contribution in [2.75, 3.05) is 11.9 Å². The Morgan fingerprint density at radius 3 is 2.50 bits per heavy atom. The zero-order valence-electron chi connectivity index (χ0n) is 13.3. The molecule has 0 spiro atoms. The molecule has 1 fully saturated rings. The standard InChI is InChI=1S/C19H18ClNO3/c1-2-24-17(22)13-4-3-5-16(12-13)21-18(23)19(10-11-19)14-6-8-15(20)9-7-14/h3-9,12H,2,10-11H2,1H3,(H,21,23). The van der Waals surface area contributed by atoms with Gasteiger partial charge in [-0.05, 0) is 55.7 Å². The summed E-state index contributed by atoms with van der Waals surface area (Å²) in [6.45, 7) is 2.07. The summed E-state index contributed by atoms with van der Waals surface area (Å²) >= 11 is 5.92. The molecule has 2 aromatic rings. The van der Waals surface area contributed by atoms with Crippen LogP contribution in [0.3, 0.4) is 0 Å². The molecule has 0 atom stereocenters. The fourth-order valence-corrected chi connectivity index (χ4v) is 2.86. The summed E-state index contributed by atoms with van der Waals surface area (Å²) in [5.41, 5.74) is 1.48. The Hall–Kier alpha value is -2.33. The van der Waals surface area contributed by atoms with E-state index in [2.05, 4.69) is 5.32 Å². The largest absolute Gasteiger partial charge is 0.462 e. The number of rotatable bonds is 5. The third kappa shape index (κ3) is 3.29. The molecule has 1 amide bonds. The van der Waals surface area contributed by atoms with E-state index < -0.39 is 11.4 Å². The molecule has 0 saturated heterocycles. The second-order valence-electron chi connectivity index (χ2n) is 5.84. The number of hydrogen-bond donors (Lipinski definition) is 1. The zero-order chi connectivity index (χ0) is 17.2. The van der Waals surface area contributed by atoms with Crippen LogP contribution in [0.4, 0.5) is 5.69 Å². The van der Waals surface area contributed by atoms with Gasteiger partial charge in [-0.3, -0.25) is 4.79 Å². The Kier molecular flexibility index (Phi) is 4.58. The van der Waals surface area contributed by atoms with Crippen molar-refractivity contribution in [3.63, 3.8) is 0 Å². The highest BCUT2D eigenvalue weighted by Crippen LogP contribution is 2.49. The molecule has 0 bridgehead atoms. The van der Waals surface area contributed by atoms with Crippen molar-refractivity contribution >= 4 is 29.2 Å². The van der Waals surface area contributed by atoms with Crippen molar-refractivity contribution in [3.05, 3.63) is 64.7 Å². The molecule has 1 saturated carbocycles. The average molecular weight is 344 g/mol. The normalized spacial score (nSPS) is 14.8. The Morgan fingerprint density at radius 1 is 1.17 bits per heavy atom. The molecule has 0 aromatic heterocycles. The molecule has 1 N–H and O–H groups in total. The number of carbonyl (C=O) groups excluding carboxylic acids is 2. The maximum absolute atomic E-state index is 12.7. The van der Waals surface area contributed by atoms with Gasteiger partial charge in [-0.25, -0.2) is 4.79 Å². The quantitative estimate of drug-likeness (QED) is 0.828. The molecule has 1 aliphatic rings. The minimum absolute atomic E-state index is 0.0640. The Labute approximate surface area is 145 Å². The van der Waals surface area contributed by atoms with Crippen LogP contribution in [0.1, 0.15) is 35.7 Å². The first kappa shape index (κ1) is 16.5. The smallest absolute Gasteiger partial charge is 0.338 e. The third-order valence-electron chi connectivity index (χ3n) is 4.21. The van der Waals surface area contributed by atoms with Crippen molar-refractivity contribution in [1.82, 2.24) is 0 Å². The number of halogens is 1. The van der Waals surface area contributed by atoms with E-state index >= 15 is 0 Å².